The number of hydrogen-bond acceptors (Lipinski definition) is 4. The van der Waals surface area contributed by atoms with E-state index in [1.807, 2.05) is 12.1 Å². The second-order valence-electron chi connectivity index (χ2n) is 3.76. The molecule has 1 aliphatic rings. The molecule has 0 spiro atoms. The molecule has 1 heterocycles. The Hall–Kier alpha value is -1.28. The Bertz CT molecular complexity index is 425. The summed E-state index contributed by atoms with van der Waals surface area (Å²) in [4.78, 5) is 0. The molecule has 0 amide bonds. The van der Waals surface area contributed by atoms with Gasteiger partial charge in [-0.1, -0.05) is 11.6 Å². The lowest BCUT2D eigenvalue weighted by molar-refractivity contribution is -0.0818. The smallest absolute Gasteiger partial charge is 0.101 e. The summed E-state index contributed by atoms with van der Waals surface area (Å²) in [5, 5.41) is 12.4. The maximum absolute atomic E-state index is 8.75. The summed E-state index contributed by atoms with van der Waals surface area (Å²) in [7, 11) is 0. The van der Waals surface area contributed by atoms with E-state index in [4.69, 9.17) is 26.3 Å². The molecule has 1 fully saturated rings. The van der Waals surface area contributed by atoms with Gasteiger partial charge in [0.25, 0.3) is 0 Å². The summed E-state index contributed by atoms with van der Waals surface area (Å²) in [5.74, 6) is 0. The first-order valence-corrected chi connectivity index (χ1v) is 5.80. The molecule has 1 saturated heterocycles. The molecular formula is C12H13ClN2O2. The third-order valence-corrected chi connectivity index (χ3v) is 2.82. The van der Waals surface area contributed by atoms with Gasteiger partial charge < -0.3 is 14.8 Å². The van der Waals surface area contributed by atoms with E-state index in [0.717, 1.165) is 5.69 Å². The average Bonchev–Trinajstić information content (AvgIpc) is 2.38. The van der Waals surface area contributed by atoms with Crippen LogP contribution in [0.5, 0.6) is 0 Å². The molecule has 1 unspecified atom stereocenters. The van der Waals surface area contributed by atoms with Crippen LogP contribution in [0, 0.1) is 11.3 Å². The van der Waals surface area contributed by atoms with Crippen LogP contribution in [0.4, 0.5) is 5.69 Å². The second-order valence-corrected chi connectivity index (χ2v) is 4.16. The van der Waals surface area contributed by atoms with Crippen LogP contribution in [0.2, 0.25) is 5.02 Å². The Balaban J connectivity index is 1.90. The van der Waals surface area contributed by atoms with Gasteiger partial charge in [0.1, 0.15) is 6.07 Å². The van der Waals surface area contributed by atoms with Gasteiger partial charge in [-0.25, -0.2) is 0 Å². The van der Waals surface area contributed by atoms with E-state index in [1.165, 1.54) is 0 Å². The van der Waals surface area contributed by atoms with E-state index >= 15 is 0 Å². The number of anilines is 1. The van der Waals surface area contributed by atoms with Crippen LogP contribution in [0.1, 0.15) is 5.56 Å². The first kappa shape index (κ1) is 12.2. The number of nitrogens with one attached hydrogen (secondary N) is 1. The number of rotatable bonds is 3. The molecule has 5 heteroatoms. The molecule has 17 heavy (non-hydrogen) atoms. The SMILES string of the molecule is N#Cc1ccc(NCC2COCCO2)cc1Cl. The molecule has 0 aliphatic carbocycles. The van der Waals surface area contributed by atoms with Gasteiger partial charge in [-0.3, -0.25) is 0 Å². The molecule has 4 nitrogen and oxygen atoms in total. The molecule has 0 radical (unpaired) electrons. The largest absolute Gasteiger partial charge is 0.382 e. The number of hydrogen-bond donors (Lipinski definition) is 1. The van der Waals surface area contributed by atoms with E-state index in [2.05, 4.69) is 5.32 Å². The summed E-state index contributed by atoms with van der Waals surface area (Å²) >= 11 is 5.93. The number of nitrogens with zero attached hydrogens (tertiary/aromatic N) is 1. The van der Waals surface area contributed by atoms with Crippen molar-refractivity contribution in [1.29, 1.82) is 5.26 Å². The summed E-state index contributed by atoms with van der Waals surface area (Å²) in [6.07, 6.45) is 0.0677. The highest BCUT2D eigenvalue weighted by atomic mass is 35.5. The first-order chi connectivity index (χ1) is 8.29. The fourth-order valence-electron chi connectivity index (χ4n) is 1.60. The monoisotopic (exact) mass is 252 g/mol. The van der Waals surface area contributed by atoms with E-state index < -0.39 is 0 Å². The standard InChI is InChI=1S/C12H13ClN2O2/c13-12-5-10(2-1-9(12)6-14)15-7-11-8-16-3-4-17-11/h1-2,5,11,15H,3-4,7-8H2. The molecule has 1 atom stereocenters. The molecule has 90 valence electrons. The van der Waals surface area contributed by atoms with E-state index in [0.29, 0.717) is 37.0 Å². The van der Waals surface area contributed by atoms with Crippen molar-refractivity contribution in [3.8, 4) is 6.07 Å². The zero-order chi connectivity index (χ0) is 12.1. The predicted octanol–water partition coefficient (Wildman–Crippen LogP) is 2.04. The van der Waals surface area contributed by atoms with Crippen LogP contribution in [0.25, 0.3) is 0 Å². The lowest BCUT2D eigenvalue weighted by atomic mass is 10.2. The Morgan fingerprint density at radius 3 is 3.00 bits per heavy atom. The average molecular weight is 253 g/mol. The van der Waals surface area contributed by atoms with Gasteiger partial charge in [-0.05, 0) is 18.2 Å². The minimum Gasteiger partial charge on any atom is -0.382 e. The molecule has 0 aromatic heterocycles. The predicted molar refractivity (Wildman–Crippen MR) is 65.2 cm³/mol. The quantitative estimate of drug-likeness (QED) is 0.895. The van der Waals surface area contributed by atoms with Crippen molar-refractivity contribution in [3.05, 3.63) is 28.8 Å². The first-order valence-electron chi connectivity index (χ1n) is 5.42. The highest BCUT2D eigenvalue weighted by Gasteiger charge is 2.13. The fraction of sp³-hybridized carbons (Fsp3) is 0.417. The van der Waals surface area contributed by atoms with Gasteiger partial charge in [0.2, 0.25) is 0 Å². The number of benzene rings is 1. The van der Waals surface area contributed by atoms with Crippen molar-refractivity contribution in [3.63, 3.8) is 0 Å². The van der Waals surface area contributed by atoms with Crippen LogP contribution >= 0.6 is 11.6 Å². The third-order valence-electron chi connectivity index (χ3n) is 2.51. The zero-order valence-electron chi connectivity index (χ0n) is 9.28. The van der Waals surface area contributed by atoms with Gasteiger partial charge in [0.15, 0.2) is 0 Å². The Morgan fingerprint density at radius 2 is 2.35 bits per heavy atom. The molecule has 0 bridgehead atoms. The van der Waals surface area contributed by atoms with Gasteiger partial charge >= 0.3 is 0 Å². The van der Waals surface area contributed by atoms with Crippen LogP contribution < -0.4 is 5.32 Å². The van der Waals surface area contributed by atoms with Gasteiger partial charge in [-0.15, -0.1) is 0 Å². The van der Waals surface area contributed by atoms with Gasteiger partial charge in [0, 0.05) is 12.2 Å². The minimum absolute atomic E-state index is 0.0677. The minimum atomic E-state index is 0.0677. The van der Waals surface area contributed by atoms with E-state index in [1.54, 1.807) is 12.1 Å². The summed E-state index contributed by atoms with van der Waals surface area (Å²) in [6, 6.07) is 7.29. The maximum Gasteiger partial charge on any atom is 0.101 e. The molecule has 1 N–H and O–H groups in total. The molecule has 0 saturated carbocycles. The summed E-state index contributed by atoms with van der Waals surface area (Å²) < 4.78 is 10.8. The Morgan fingerprint density at radius 1 is 1.47 bits per heavy atom. The maximum atomic E-state index is 8.75. The van der Waals surface area contributed by atoms with E-state index in [9.17, 15) is 0 Å². The number of nitriles is 1. The highest BCUT2D eigenvalue weighted by Crippen LogP contribution is 2.20. The van der Waals surface area contributed by atoms with Crippen molar-refractivity contribution in [2.24, 2.45) is 0 Å². The van der Waals surface area contributed by atoms with Crippen molar-refractivity contribution in [1.82, 2.24) is 0 Å². The summed E-state index contributed by atoms with van der Waals surface area (Å²) in [5.41, 5.74) is 1.36. The number of halogens is 1. The van der Waals surface area contributed by atoms with Crippen molar-refractivity contribution in [2.75, 3.05) is 31.7 Å². The molecular weight excluding hydrogens is 240 g/mol. The fourth-order valence-corrected chi connectivity index (χ4v) is 1.82. The van der Waals surface area contributed by atoms with Gasteiger partial charge in [-0.2, -0.15) is 5.26 Å². The lowest BCUT2D eigenvalue weighted by Crippen LogP contribution is -2.34. The van der Waals surface area contributed by atoms with Crippen molar-refractivity contribution < 1.29 is 9.47 Å². The normalized spacial score (nSPS) is 19.6. The highest BCUT2D eigenvalue weighted by molar-refractivity contribution is 6.32. The number of ether oxygens (including phenoxy) is 2. The molecule has 1 aromatic rings. The third kappa shape index (κ3) is 3.34. The lowest BCUT2D eigenvalue weighted by Gasteiger charge is -2.23. The second kappa shape index (κ2) is 5.87. The molecule has 1 aliphatic heterocycles. The molecule has 1 aromatic carbocycles. The Labute approximate surface area is 105 Å². The van der Waals surface area contributed by atoms with Crippen molar-refractivity contribution in [2.45, 2.75) is 6.10 Å². The van der Waals surface area contributed by atoms with Gasteiger partial charge in [0.05, 0.1) is 36.5 Å². The van der Waals surface area contributed by atoms with Crippen LogP contribution in [0.15, 0.2) is 18.2 Å². The van der Waals surface area contributed by atoms with Crippen molar-refractivity contribution >= 4 is 17.3 Å². The van der Waals surface area contributed by atoms with Crippen LogP contribution in [-0.2, 0) is 9.47 Å². The van der Waals surface area contributed by atoms with Crippen LogP contribution in [0.3, 0.4) is 0 Å². The summed E-state index contributed by atoms with van der Waals surface area (Å²) in [6.45, 7) is 2.58. The molecule has 2 rings (SSSR count). The topological polar surface area (TPSA) is 54.3 Å². The zero-order valence-corrected chi connectivity index (χ0v) is 10.0. The Kier molecular flexibility index (Phi) is 4.21. The van der Waals surface area contributed by atoms with Crippen LogP contribution in [-0.4, -0.2) is 32.5 Å². The van der Waals surface area contributed by atoms with E-state index in [-0.39, 0.29) is 6.10 Å².